The molecular formula is C20H29N3O3S. The van der Waals surface area contributed by atoms with Crippen LogP contribution in [0.4, 0.5) is 0 Å². The molecule has 1 aromatic rings. The summed E-state index contributed by atoms with van der Waals surface area (Å²) in [6.45, 7) is 7.58. The number of fused-ring (bicyclic) bond motifs is 1. The number of hydrogen-bond donors (Lipinski definition) is 2. The summed E-state index contributed by atoms with van der Waals surface area (Å²) in [6.07, 6.45) is 5.93. The number of hydrogen-bond acceptors (Lipinski definition) is 5. The number of nitrogens with one attached hydrogen (secondary N) is 2. The second-order valence-electron chi connectivity index (χ2n) is 9.00. The number of carbonyl (C=O) groups is 2. The Morgan fingerprint density at radius 1 is 1.41 bits per heavy atom. The zero-order valence-corrected chi connectivity index (χ0v) is 17.1. The molecule has 5 atom stereocenters. The third-order valence-corrected chi connectivity index (χ3v) is 8.11. The Hall–Kier alpha value is -1.47. The van der Waals surface area contributed by atoms with E-state index in [1.54, 1.807) is 18.6 Å². The van der Waals surface area contributed by atoms with Gasteiger partial charge in [0.05, 0.1) is 17.8 Å². The number of aromatic nitrogens is 1. The summed E-state index contributed by atoms with van der Waals surface area (Å²) in [5, 5.41) is 6.29. The van der Waals surface area contributed by atoms with E-state index in [4.69, 9.17) is 4.74 Å². The Kier molecular flexibility index (Phi) is 4.79. The normalized spacial score (nSPS) is 36.3. The van der Waals surface area contributed by atoms with Crippen LogP contribution in [0.2, 0.25) is 0 Å². The van der Waals surface area contributed by atoms with Crippen molar-refractivity contribution < 1.29 is 14.3 Å². The second kappa shape index (κ2) is 6.85. The minimum Gasteiger partial charge on any atom is -0.378 e. The number of thiazole rings is 1. The van der Waals surface area contributed by atoms with Crippen LogP contribution >= 0.6 is 11.3 Å². The largest absolute Gasteiger partial charge is 0.378 e. The summed E-state index contributed by atoms with van der Waals surface area (Å²) in [4.78, 5) is 28.6. The van der Waals surface area contributed by atoms with Gasteiger partial charge in [-0.15, -0.1) is 11.3 Å². The van der Waals surface area contributed by atoms with Crippen LogP contribution in [-0.4, -0.2) is 42.1 Å². The van der Waals surface area contributed by atoms with Crippen molar-refractivity contribution >= 4 is 23.2 Å². The van der Waals surface area contributed by atoms with Gasteiger partial charge < -0.3 is 15.4 Å². The quantitative estimate of drug-likeness (QED) is 0.809. The molecule has 2 aliphatic carbocycles. The lowest BCUT2D eigenvalue weighted by Gasteiger charge is -2.53. The highest BCUT2D eigenvalue weighted by molar-refractivity contribution is 7.11. The Balaban J connectivity index is 1.43. The van der Waals surface area contributed by atoms with E-state index < -0.39 is 0 Å². The molecule has 2 saturated carbocycles. The first-order chi connectivity index (χ1) is 12.8. The molecule has 3 aliphatic rings. The Morgan fingerprint density at radius 3 is 2.93 bits per heavy atom. The van der Waals surface area contributed by atoms with Gasteiger partial charge in [-0.1, -0.05) is 13.8 Å². The van der Waals surface area contributed by atoms with Crippen molar-refractivity contribution in [3.63, 3.8) is 0 Å². The molecule has 4 rings (SSSR count). The SMILES string of the molecule is CC(=O)N[C@H]1C(C)(C)[C@@H]2C[C@@H]3[C@@H](CCNC(=O)c4cncs4)OCC[C@@]31C2. The molecule has 2 N–H and O–H groups in total. The number of rotatable bonds is 5. The van der Waals surface area contributed by atoms with E-state index in [0.29, 0.717) is 23.3 Å². The fourth-order valence-electron chi connectivity index (χ4n) is 6.14. The summed E-state index contributed by atoms with van der Waals surface area (Å²) in [5.74, 6) is 1.08. The number of nitrogens with zero attached hydrogens (tertiary/aromatic N) is 1. The molecule has 0 radical (unpaired) electrons. The first-order valence-electron chi connectivity index (χ1n) is 9.90. The fourth-order valence-corrected chi connectivity index (χ4v) is 6.68. The Morgan fingerprint density at radius 2 is 2.22 bits per heavy atom. The molecule has 1 aliphatic heterocycles. The Bertz CT molecular complexity index is 720. The van der Waals surface area contributed by atoms with Crippen molar-refractivity contribution in [2.24, 2.45) is 22.7 Å². The van der Waals surface area contributed by atoms with Crippen LogP contribution in [0.5, 0.6) is 0 Å². The standard InChI is InChI=1S/C20H29N3O3S/c1-12(24)23-18-19(2,3)13-8-14-15(26-7-5-20(14,18)9-13)4-6-22-17(25)16-10-21-11-27-16/h10-11,13-15,18H,4-9H2,1-3H3,(H,22,25)(H,23,24)/t13-,14-,15-,18+,20-/m1/s1. The molecule has 1 saturated heterocycles. The third-order valence-electron chi connectivity index (χ3n) is 7.34. The van der Waals surface area contributed by atoms with Gasteiger partial charge in [0.15, 0.2) is 0 Å². The van der Waals surface area contributed by atoms with Gasteiger partial charge in [-0.25, -0.2) is 0 Å². The van der Waals surface area contributed by atoms with Crippen LogP contribution in [0.3, 0.4) is 0 Å². The van der Waals surface area contributed by atoms with Crippen LogP contribution in [0.25, 0.3) is 0 Å². The van der Waals surface area contributed by atoms with Gasteiger partial charge >= 0.3 is 0 Å². The summed E-state index contributed by atoms with van der Waals surface area (Å²) >= 11 is 1.35. The van der Waals surface area contributed by atoms with Crippen molar-refractivity contribution in [1.29, 1.82) is 0 Å². The van der Waals surface area contributed by atoms with Crippen LogP contribution in [0.15, 0.2) is 11.7 Å². The molecule has 6 nitrogen and oxygen atoms in total. The molecule has 27 heavy (non-hydrogen) atoms. The third kappa shape index (κ3) is 3.09. The highest BCUT2D eigenvalue weighted by atomic mass is 32.1. The smallest absolute Gasteiger partial charge is 0.262 e. The molecule has 3 fully saturated rings. The second-order valence-corrected chi connectivity index (χ2v) is 9.89. The summed E-state index contributed by atoms with van der Waals surface area (Å²) in [5.41, 5.74) is 1.94. The molecule has 0 unspecified atom stereocenters. The van der Waals surface area contributed by atoms with Crippen LogP contribution in [0, 0.1) is 22.7 Å². The van der Waals surface area contributed by atoms with Gasteiger partial charge in [-0.2, -0.15) is 0 Å². The van der Waals surface area contributed by atoms with E-state index in [0.717, 1.165) is 25.9 Å². The summed E-state index contributed by atoms with van der Waals surface area (Å²) in [7, 11) is 0. The molecule has 148 valence electrons. The average molecular weight is 392 g/mol. The number of ether oxygens (including phenoxy) is 1. The lowest BCUT2D eigenvalue weighted by molar-refractivity contribution is -0.135. The van der Waals surface area contributed by atoms with E-state index in [9.17, 15) is 9.59 Å². The molecule has 1 aromatic heterocycles. The summed E-state index contributed by atoms with van der Waals surface area (Å²) in [6, 6.07) is 0.212. The van der Waals surface area contributed by atoms with E-state index >= 15 is 0 Å². The zero-order chi connectivity index (χ0) is 19.2. The van der Waals surface area contributed by atoms with Crippen LogP contribution in [0.1, 0.15) is 56.1 Å². The van der Waals surface area contributed by atoms with Gasteiger partial charge in [0, 0.05) is 26.1 Å². The molecule has 0 aromatic carbocycles. The lowest BCUT2D eigenvalue weighted by Crippen LogP contribution is -2.60. The minimum atomic E-state index is -0.0618. The molecular weight excluding hydrogens is 362 g/mol. The van der Waals surface area contributed by atoms with Gasteiger partial charge in [-0.3, -0.25) is 14.6 Å². The van der Waals surface area contributed by atoms with E-state index in [2.05, 4.69) is 29.5 Å². The zero-order valence-electron chi connectivity index (χ0n) is 16.3. The van der Waals surface area contributed by atoms with Crippen molar-refractivity contribution in [3.8, 4) is 0 Å². The van der Waals surface area contributed by atoms with E-state index in [-0.39, 0.29) is 34.8 Å². The Labute approximate surface area is 164 Å². The fraction of sp³-hybridized carbons (Fsp3) is 0.750. The van der Waals surface area contributed by atoms with E-state index in [1.807, 2.05) is 0 Å². The maximum absolute atomic E-state index is 12.1. The molecule has 1 spiro atoms. The van der Waals surface area contributed by atoms with Gasteiger partial charge in [0.1, 0.15) is 4.88 Å². The topological polar surface area (TPSA) is 80.3 Å². The highest BCUT2D eigenvalue weighted by Crippen LogP contribution is 2.68. The van der Waals surface area contributed by atoms with Gasteiger partial charge in [-0.05, 0) is 48.3 Å². The lowest BCUT2D eigenvalue weighted by atomic mass is 9.59. The predicted octanol–water partition coefficient (Wildman–Crippen LogP) is 2.61. The van der Waals surface area contributed by atoms with E-state index in [1.165, 1.54) is 17.8 Å². The number of amides is 2. The minimum absolute atomic E-state index is 0.0618. The highest BCUT2D eigenvalue weighted by Gasteiger charge is 2.68. The molecule has 7 heteroatoms. The predicted molar refractivity (Wildman–Crippen MR) is 103 cm³/mol. The molecule has 2 amide bonds. The number of carbonyl (C=O) groups excluding carboxylic acids is 2. The first kappa shape index (κ1) is 18.9. The van der Waals surface area contributed by atoms with Crippen molar-refractivity contribution in [1.82, 2.24) is 15.6 Å². The summed E-state index contributed by atoms with van der Waals surface area (Å²) < 4.78 is 6.16. The first-order valence-corrected chi connectivity index (χ1v) is 10.8. The van der Waals surface area contributed by atoms with Gasteiger partial charge in [0.2, 0.25) is 5.91 Å². The van der Waals surface area contributed by atoms with Crippen molar-refractivity contribution in [2.75, 3.05) is 13.2 Å². The maximum atomic E-state index is 12.1. The molecule has 2 heterocycles. The molecule has 2 bridgehead atoms. The van der Waals surface area contributed by atoms with Gasteiger partial charge in [0.25, 0.3) is 5.91 Å². The average Bonchev–Trinajstić information content (AvgIpc) is 3.30. The monoisotopic (exact) mass is 391 g/mol. The van der Waals surface area contributed by atoms with Crippen molar-refractivity contribution in [3.05, 3.63) is 16.6 Å². The van der Waals surface area contributed by atoms with Crippen LogP contribution < -0.4 is 10.6 Å². The van der Waals surface area contributed by atoms with Crippen molar-refractivity contribution in [2.45, 2.75) is 58.6 Å². The maximum Gasteiger partial charge on any atom is 0.262 e. The van der Waals surface area contributed by atoms with Crippen LogP contribution in [-0.2, 0) is 9.53 Å².